The molecule has 0 atom stereocenters. The molecule has 1 aliphatic heterocycles. The lowest BCUT2D eigenvalue weighted by Gasteiger charge is -2.35. The minimum absolute atomic E-state index is 0.0103. The molecule has 0 radical (unpaired) electrons. The maximum atomic E-state index is 12.7. The van der Waals surface area contributed by atoms with Gasteiger partial charge in [0.05, 0.1) is 17.3 Å². The van der Waals surface area contributed by atoms with E-state index in [0.29, 0.717) is 36.8 Å². The van der Waals surface area contributed by atoms with Crippen molar-refractivity contribution in [2.75, 3.05) is 37.7 Å². The highest BCUT2D eigenvalue weighted by atomic mass is 35.5. The number of halogens is 1. The van der Waals surface area contributed by atoms with Crippen LogP contribution in [0.4, 0.5) is 5.82 Å². The van der Waals surface area contributed by atoms with E-state index in [-0.39, 0.29) is 12.5 Å². The van der Waals surface area contributed by atoms with Gasteiger partial charge in [-0.2, -0.15) is 5.10 Å². The van der Waals surface area contributed by atoms with E-state index < -0.39 is 0 Å². The van der Waals surface area contributed by atoms with Gasteiger partial charge in [-0.1, -0.05) is 43.1 Å². The molecule has 9 heteroatoms. The van der Waals surface area contributed by atoms with Crippen molar-refractivity contribution in [1.29, 1.82) is 0 Å². The second-order valence-electron chi connectivity index (χ2n) is 8.52. The Morgan fingerprint density at radius 3 is 2.60 bits per heavy atom. The molecule has 1 saturated heterocycles. The molecule has 1 fully saturated rings. The van der Waals surface area contributed by atoms with Gasteiger partial charge in [0, 0.05) is 31.2 Å². The summed E-state index contributed by atoms with van der Waals surface area (Å²) in [6, 6.07) is 15.5. The topological polar surface area (TPSA) is 76.4 Å². The fraction of sp³-hybridized carbons (Fsp3) is 0.308. The van der Waals surface area contributed by atoms with E-state index in [2.05, 4.69) is 39.0 Å². The van der Waals surface area contributed by atoms with Crippen LogP contribution in [0, 0.1) is 0 Å². The van der Waals surface area contributed by atoms with E-state index in [0.717, 1.165) is 35.5 Å². The summed E-state index contributed by atoms with van der Waals surface area (Å²) in [6.07, 6.45) is 5.49. The molecule has 0 unspecified atom stereocenters. The van der Waals surface area contributed by atoms with E-state index in [4.69, 9.17) is 16.3 Å². The van der Waals surface area contributed by atoms with Crippen molar-refractivity contribution in [2.45, 2.75) is 19.8 Å². The Bertz CT molecular complexity index is 1320. The first-order valence-corrected chi connectivity index (χ1v) is 12.2. The van der Waals surface area contributed by atoms with Crippen LogP contribution in [-0.4, -0.2) is 63.3 Å². The van der Waals surface area contributed by atoms with Gasteiger partial charge in [-0.25, -0.2) is 14.6 Å². The van der Waals surface area contributed by atoms with Gasteiger partial charge in [0.1, 0.15) is 17.9 Å². The van der Waals surface area contributed by atoms with Crippen molar-refractivity contribution in [1.82, 2.24) is 24.6 Å². The number of nitrogens with zero attached hydrogens (tertiary/aromatic N) is 6. The van der Waals surface area contributed by atoms with Crippen LogP contribution >= 0.6 is 11.6 Å². The molecule has 8 nitrogen and oxygen atoms in total. The average Bonchev–Trinajstić information content (AvgIpc) is 3.33. The zero-order valence-electron chi connectivity index (χ0n) is 19.6. The molecule has 3 heterocycles. The summed E-state index contributed by atoms with van der Waals surface area (Å²) < 4.78 is 7.49. The zero-order valence-corrected chi connectivity index (χ0v) is 20.4. The molecule has 0 saturated carbocycles. The highest BCUT2D eigenvalue weighted by Gasteiger charge is 2.24. The summed E-state index contributed by atoms with van der Waals surface area (Å²) in [5.74, 6) is 1.53. The predicted molar refractivity (Wildman–Crippen MR) is 136 cm³/mol. The van der Waals surface area contributed by atoms with Crippen molar-refractivity contribution in [3.05, 3.63) is 71.6 Å². The van der Waals surface area contributed by atoms with E-state index in [1.165, 1.54) is 5.56 Å². The fourth-order valence-corrected chi connectivity index (χ4v) is 4.51. The molecule has 2 aromatic carbocycles. The van der Waals surface area contributed by atoms with Crippen LogP contribution in [0.1, 0.15) is 18.9 Å². The molecule has 4 aromatic rings. The Hall–Kier alpha value is -3.65. The van der Waals surface area contributed by atoms with Crippen LogP contribution < -0.4 is 9.64 Å². The lowest BCUT2D eigenvalue weighted by atomic mass is 10.1. The number of carbonyl (C=O) groups is 1. The summed E-state index contributed by atoms with van der Waals surface area (Å²) in [4.78, 5) is 25.7. The van der Waals surface area contributed by atoms with Crippen LogP contribution in [0.3, 0.4) is 0 Å². The lowest BCUT2D eigenvalue weighted by Crippen LogP contribution is -2.50. The molecule has 1 amide bonds. The number of rotatable bonds is 7. The molecule has 1 aliphatic rings. The number of benzene rings is 2. The Labute approximate surface area is 209 Å². The number of anilines is 1. The Balaban J connectivity index is 1.21. The second kappa shape index (κ2) is 10.3. The van der Waals surface area contributed by atoms with Crippen molar-refractivity contribution in [3.63, 3.8) is 0 Å². The van der Waals surface area contributed by atoms with Gasteiger partial charge in [-0.05, 0) is 42.3 Å². The monoisotopic (exact) mass is 490 g/mol. The number of hydrogen-bond acceptors (Lipinski definition) is 6. The number of amides is 1. The minimum atomic E-state index is -0.0103. The van der Waals surface area contributed by atoms with Gasteiger partial charge in [-0.15, -0.1) is 0 Å². The van der Waals surface area contributed by atoms with Gasteiger partial charge in [-0.3, -0.25) is 4.79 Å². The number of hydrogen-bond donors (Lipinski definition) is 0. The average molecular weight is 491 g/mol. The molecule has 0 N–H and O–H groups in total. The molecule has 0 bridgehead atoms. The summed E-state index contributed by atoms with van der Waals surface area (Å²) in [6.45, 7) is 4.75. The minimum Gasteiger partial charge on any atom is -0.484 e. The van der Waals surface area contributed by atoms with Crippen LogP contribution in [0.5, 0.6) is 5.75 Å². The largest absolute Gasteiger partial charge is 0.484 e. The first kappa shape index (κ1) is 23.1. The van der Waals surface area contributed by atoms with Crippen molar-refractivity contribution in [3.8, 4) is 11.4 Å². The first-order chi connectivity index (χ1) is 17.1. The number of carbonyl (C=O) groups excluding carboxylic acids is 1. The van der Waals surface area contributed by atoms with Crippen LogP contribution in [0.2, 0.25) is 5.02 Å². The van der Waals surface area contributed by atoms with Gasteiger partial charge in [0.25, 0.3) is 5.91 Å². The first-order valence-electron chi connectivity index (χ1n) is 11.8. The standard InChI is InChI=1S/C26H27ClN6O2/c1-2-4-19-7-9-22(10-8-19)35-17-24(34)31-11-13-32(14-12-31)25-23-16-30-33(26(23)29-18-28-25)21-6-3-5-20(27)15-21/h3,5-10,15-16,18H,2,4,11-14,17H2,1H3. The van der Waals surface area contributed by atoms with Crippen LogP contribution in [-0.2, 0) is 11.2 Å². The number of ether oxygens (including phenoxy) is 1. The third-order valence-corrected chi connectivity index (χ3v) is 6.39. The summed E-state index contributed by atoms with van der Waals surface area (Å²) in [5.41, 5.74) is 2.83. The molecule has 2 aromatic heterocycles. The van der Waals surface area contributed by atoms with Crippen LogP contribution in [0.25, 0.3) is 16.7 Å². The molecular weight excluding hydrogens is 464 g/mol. The number of piperazine rings is 1. The van der Waals surface area contributed by atoms with Crippen molar-refractivity contribution < 1.29 is 9.53 Å². The molecule has 0 aliphatic carbocycles. The Morgan fingerprint density at radius 1 is 1.06 bits per heavy atom. The van der Waals surface area contributed by atoms with Gasteiger partial charge >= 0.3 is 0 Å². The quantitative estimate of drug-likeness (QED) is 0.387. The smallest absolute Gasteiger partial charge is 0.260 e. The summed E-state index contributed by atoms with van der Waals surface area (Å²) in [5, 5.41) is 6.02. The molecule has 35 heavy (non-hydrogen) atoms. The van der Waals surface area contributed by atoms with E-state index in [9.17, 15) is 4.79 Å². The van der Waals surface area contributed by atoms with Crippen LogP contribution in [0.15, 0.2) is 61.1 Å². The predicted octanol–water partition coefficient (Wildman–Crippen LogP) is 4.15. The van der Waals surface area contributed by atoms with Crippen molar-refractivity contribution >= 4 is 34.4 Å². The summed E-state index contributed by atoms with van der Waals surface area (Å²) in [7, 11) is 0. The fourth-order valence-electron chi connectivity index (χ4n) is 4.33. The van der Waals surface area contributed by atoms with Crippen molar-refractivity contribution in [2.24, 2.45) is 0 Å². The van der Waals surface area contributed by atoms with E-state index >= 15 is 0 Å². The Morgan fingerprint density at radius 2 is 1.86 bits per heavy atom. The maximum Gasteiger partial charge on any atom is 0.260 e. The van der Waals surface area contributed by atoms with E-state index in [1.54, 1.807) is 17.2 Å². The highest BCUT2D eigenvalue weighted by molar-refractivity contribution is 6.30. The summed E-state index contributed by atoms with van der Waals surface area (Å²) >= 11 is 6.16. The molecule has 0 spiro atoms. The third-order valence-electron chi connectivity index (χ3n) is 6.15. The normalized spacial score (nSPS) is 13.9. The SMILES string of the molecule is CCCc1ccc(OCC(=O)N2CCN(c3ncnc4c3cnn4-c3cccc(Cl)c3)CC2)cc1. The number of aromatic nitrogens is 4. The lowest BCUT2D eigenvalue weighted by molar-refractivity contribution is -0.133. The maximum absolute atomic E-state index is 12.7. The highest BCUT2D eigenvalue weighted by Crippen LogP contribution is 2.26. The van der Waals surface area contributed by atoms with Gasteiger partial charge in [0.2, 0.25) is 0 Å². The molecule has 180 valence electrons. The molecule has 5 rings (SSSR count). The third kappa shape index (κ3) is 5.07. The van der Waals surface area contributed by atoms with Gasteiger partial charge < -0.3 is 14.5 Å². The zero-order chi connectivity index (χ0) is 24.2. The van der Waals surface area contributed by atoms with E-state index in [1.807, 2.05) is 41.3 Å². The Kier molecular flexibility index (Phi) is 6.81. The molecular formula is C26H27ClN6O2. The number of fused-ring (bicyclic) bond motifs is 1. The van der Waals surface area contributed by atoms with Gasteiger partial charge in [0.15, 0.2) is 12.3 Å². The number of aryl methyl sites for hydroxylation is 1. The second-order valence-corrected chi connectivity index (χ2v) is 8.96.